The molecule has 1 aromatic carbocycles. The van der Waals surface area contributed by atoms with E-state index in [2.05, 4.69) is 6.92 Å². The first-order chi connectivity index (χ1) is 9.46. The van der Waals surface area contributed by atoms with Crippen molar-refractivity contribution in [3.05, 3.63) is 29.8 Å². The third kappa shape index (κ3) is 2.82. The third-order valence-corrected chi connectivity index (χ3v) is 4.26. The number of rotatable bonds is 3. The van der Waals surface area contributed by atoms with E-state index in [9.17, 15) is 4.79 Å². The number of para-hydroxylation sites is 1. The Bertz CT molecular complexity index is 482. The van der Waals surface area contributed by atoms with Crippen LogP contribution in [0.5, 0.6) is 5.75 Å². The van der Waals surface area contributed by atoms with Gasteiger partial charge in [-0.3, -0.25) is 4.79 Å². The van der Waals surface area contributed by atoms with Crippen LogP contribution in [0.4, 0.5) is 0 Å². The van der Waals surface area contributed by atoms with Crippen LogP contribution in [0.3, 0.4) is 0 Å². The molecule has 1 amide bonds. The number of carbonyl (C=O) groups excluding carboxylic acids is 1. The highest BCUT2D eigenvalue weighted by molar-refractivity contribution is 5.88. The van der Waals surface area contributed by atoms with Gasteiger partial charge in [-0.15, -0.1) is 0 Å². The molecule has 0 aliphatic carbocycles. The minimum atomic E-state index is -0.552. The van der Waals surface area contributed by atoms with Crippen LogP contribution in [-0.4, -0.2) is 31.0 Å². The average molecular weight is 275 g/mol. The highest BCUT2D eigenvalue weighted by atomic mass is 16.5. The molecular weight excluding hydrogens is 250 g/mol. The molecule has 1 aliphatic heterocycles. The summed E-state index contributed by atoms with van der Waals surface area (Å²) in [5.41, 5.74) is 0.412. The van der Waals surface area contributed by atoms with E-state index in [4.69, 9.17) is 4.74 Å². The van der Waals surface area contributed by atoms with Crippen LogP contribution in [-0.2, 0) is 10.2 Å². The molecule has 1 aromatic rings. The number of methoxy groups -OCH3 is 1. The van der Waals surface area contributed by atoms with Gasteiger partial charge >= 0.3 is 0 Å². The van der Waals surface area contributed by atoms with E-state index in [0.717, 1.165) is 30.8 Å². The zero-order valence-corrected chi connectivity index (χ0v) is 13.0. The predicted molar refractivity (Wildman–Crippen MR) is 81.0 cm³/mol. The molecular formula is C17H25NO2. The monoisotopic (exact) mass is 275 g/mol. The van der Waals surface area contributed by atoms with Gasteiger partial charge in [0.05, 0.1) is 12.5 Å². The maximum Gasteiger partial charge on any atom is 0.232 e. The maximum absolute atomic E-state index is 12.9. The van der Waals surface area contributed by atoms with Crippen LogP contribution in [0.2, 0.25) is 0 Å². The molecule has 2 rings (SSSR count). The fourth-order valence-electron chi connectivity index (χ4n) is 3.05. The SMILES string of the molecule is COc1ccccc1C(C)(C)C(=O)N1CCCC(C)C1. The highest BCUT2D eigenvalue weighted by Crippen LogP contribution is 2.34. The molecule has 1 fully saturated rings. The molecule has 1 unspecified atom stereocenters. The van der Waals surface area contributed by atoms with E-state index in [0.29, 0.717) is 5.92 Å². The van der Waals surface area contributed by atoms with E-state index in [1.165, 1.54) is 6.42 Å². The van der Waals surface area contributed by atoms with Crippen molar-refractivity contribution in [2.24, 2.45) is 5.92 Å². The number of ether oxygens (including phenoxy) is 1. The van der Waals surface area contributed by atoms with Crippen LogP contribution in [0.1, 0.15) is 39.2 Å². The van der Waals surface area contributed by atoms with Crippen LogP contribution in [0, 0.1) is 5.92 Å². The first-order valence-corrected chi connectivity index (χ1v) is 7.39. The maximum atomic E-state index is 12.9. The summed E-state index contributed by atoms with van der Waals surface area (Å²) < 4.78 is 5.42. The largest absolute Gasteiger partial charge is 0.496 e. The minimum absolute atomic E-state index is 0.202. The van der Waals surface area contributed by atoms with Crippen molar-refractivity contribution in [2.45, 2.75) is 39.0 Å². The Hall–Kier alpha value is -1.51. The first-order valence-electron chi connectivity index (χ1n) is 7.39. The average Bonchev–Trinajstić information content (AvgIpc) is 2.46. The van der Waals surface area contributed by atoms with Crippen molar-refractivity contribution >= 4 is 5.91 Å². The Balaban J connectivity index is 2.26. The molecule has 3 heteroatoms. The number of hydrogen-bond donors (Lipinski definition) is 0. The second-order valence-electron chi connectivity index (χ2n) is 6.32. The van der Waals surface area contributed by atoms with Gasteiger partial charge in [0.2, 0.25) is 5.91 Å². The molecule has 0 spiro atoms. The van der Waals surface area contributed by atoms with Gasteiger partial charge in [-0.05, 0) is 38.7 Å². The van der Waals surface area contributed by atoms with Gasteiger partial charge in [0.15, 0.2) is 0 Å². The van der Waals surface area contributed by atoms with E-state index in [1.807, 2.05) is 43.0 Å². The summed E-state index contributed by atoms with van der Waals surface area (Å²) in [5, 5.41) is 0. The van der Waals surface area contributed by atoms with E-state index in [-0.39, 0.29) is 5.91 Å². The Morgan fingerprint density at radius 3 is 2.70 bits per heavy atom. The number of amides is 1. The second-order valence-corrected chi connectivity index (χ2v) is 6.32. The summed E-state index contributed by atoms with van der Waals surface area (Å²) in [6, 6.07) is 7.81. The molecule has 0 N–H and O–H groups in total. The number of benzene rings is 1. The standard InChI is InChI=1S/C17H25NO2/c1-13-8-7-11-18(12-13)16(19)17(2,3)14-9-5-6-10-15(14)20-4/h5-6,9-10,13H,7-8,11-12H2,1-4H3. The molecule has 0 saturated carbocycles. The lowest BCUT2D eigenvalue weighted by molar-refractivity contribution is -0.138. The summed E-state index contributed by atoms with van der Waals surface area (Å²) in [4.78, 5) is 14.9. The molecule has 1 heterocycles. The quantitative estimate of drug-likeness (QED) is 0.847. The van der Waals surface area contributed by atoms with Crippen LogP contribution in [0.25, 0.3) is 0 Å². The van der Waals surface area contributed by atoms with Crippen LogP contribution in [0.15, 0.2) is 24.3 Å². The summed E-state index contributed by atoms with van der Waals surface area (Å²) >= 11 is 0. The zero-order chi connectivity index (χ0) is 14.8. The van der Waals surface area contributed by atoms with Gasteiger partial charge in [-0.25, -0.2) is 0 Å². The number of likely N-dealkylation sites (tertiary alicyclic amines) is 1. The van der Waals surface area contributed by atoms with Gasteiger partial charge in [0, 0.05) is 18.7 Å². The Kier molecular flexibility index (Phi) is 4.36. The number of carbonyl (C=O) groups is 1. The van der Waals surface area contributed by atoms with Gasteiger partial charge < -0.3 is 9.64 Å². The van der Waals surface area contributed by atoms with Gasteiger partial charge in [0.25, 0.3) is 0 Å². The molecule has 0 bridgehead atoms. The lowest BCUT2D eigenvalue weighted by Gasteiger charge is -2.37. The number of piperidine rings is 1. The van der Waals surface area contributed by atoms with Crippen molar-refractivity contribution in [1.82, 2.24) is 4.90 Å². The fraction of sp³-hybridized carbons (Fsp3) is 0.588. The summed E-state index contributed by atoms with van der Waals surface area (Å²) in [7, 11) is 1.66. The first kappa shape index (κ1) is 14.9. The van der Waals surface area contributed by atoms with Crippen molar-refractivity contribution in [3.8, 4) is 5.75 Å². The Labute approximate surface area is 121 Å². The van der Waals surface area contributed by atoms with Crippen molar-refractivity contribution < 1.29 is 9.53 Å². The summed E-state index contributed by atoms with van der Waals surface area (Å²) in [6.07, 6.45) is 2.33. The van der Waals surface area contributed by atoms with E-state index in [1.54, 1.807) is 7.11 Å². The fourth-order valence-corrected chi connectivity index (χ4v) is 3.05. The Morgan fingerprint density at radius 1 is 1.35 bits per heavy atom. The van der Waals surface area contributed by atoms with Gasteiger partial charge in [-0.2, -0.15) is 0 Å². The molecule has 1 atom stereocenters. The van der Waals surface area contributed by atoms with Crippen molar-refractivity contribution in [2.75, 3.05) is 20.2 Å². The molecule has 110 valence electrons. The molecule has 0 aromatic heterocycles. The topological polar surface area (TPSA) is 29.5 Å². The molecule has 1 saturated heterocycles. The molecule has 1 aliphatic rings. The van der Waals surface area contributed by atoms with E-state index < -0.39 is 5.41 Å². The minimum Gasteiger partial charge on any atom is -0.496 e. The van der Waals surface area contributed by atoms with Crippen LogP contribution < -0.4 is 4.74 Å². The lowest BCUT2D eigenvalue weighted by atomic mass is 9.81. The summed E-state index contributed by atoms with van der Waals surface area (Å²) in [6.45, 7) is 7.95. The van der Waals surface area contributed by atoms with Gasteiger partial charge in [-0.1, -0.05) is 25.1 Å². The predicted octanol–water partition coefficient (Wildman–Crippen LogP) is 3.23. The smallest absolute Gasteiger partial charge is 0.232 e. The van der Waals surface area contributed by atoms with Crippen molar-refractivity contribution in [3.63, 3.8) is 0 Å². The zero-order valence-electron chi connectivity index (χ0n) is 13.0. The molecule has 20 heavy (non-hydrogen) atoms. The third-order valence-electron chi connectivity index (χ3n) is 4.26. The lowest BCUT2D eigenvalue weighted by Crippen LogP contribution is -2.47. The van der Waals surface area contributed by atoms with Crippen molar-refractivity contribution in [1.29, 1.82) is 0 Å². The number of nitrogens with zero attached hydrogens (tertiary/aromatic N) is 1. The summed E-state index contributed by atoms with van der Waals surface area (Å²) in [5.74, 6) is 1.59. The van der Waals surface area contributed by atoms with E-state index >= 15 is 0 Å². The number of hydrogen-bond acceptors (Lipinski definition) is 2. The second kappa shape index (κ2) is 5.86. The molecule has 3 nitrogen and oxygen atoms in total. The molecule has 0 radical (unpaired) electrons. The van der Waals surface area contributed by atoms with Gasteiger partial charge in [0.1, 0.15) is 5.75 Å². The highest BCUT2D eigenvalue weighted by Gasteiger charge is 2.37. The normalized spacial score (nSPS) is 19.8. The Morgan fingerprint density at radius 2 is 2.05 bits per heavy atom. The van der Waals surface area contributed by atoms with Crippen LogP contribution >= 0.6 is 0 Å².